The first-order valence-corrected chi connectivity index (χ1v) is 9.22. The van der Waals surface area contributed by atoms with Crippen molar-refractivity contribution in [3.05, 3.63) is 29.3 Å². The highest BCUT2D eigenvalue weighted by atomic mass is 32.1. The summed E-state index contributed by atoms with van der Waals surface area (Å²) in [6.45, 7) is 1.83. The van der Waals surface area contributed by atoms with Crippen molar-refractivity contribution in [2.24, 2.45) is 5.41 Å². The van der Waals surface area contributed by atoms with Gasteiger partial charge >= 0.3 is 5.97 Å². The molecule has 0 unspecified atom stereocenters. The normalized spacial score (nSPS) is 26.2. The second kappa shape index (κ2) is 4.91. The van der Waals surface area contributed by atoms with E-state index < -0.39 is 11.4 Å². The number of aromatic hydroxyl groups is 1. The van der Waals surface area contributed by atoms with E-state index in [1.807, 2.05) is 30.5 Å². The van der Waals surface area contributed by atoms with Crippen molar-refractivity contribution in [1.29, 1.82) is 0 Å². The number of carbonyl (C=O) groups is 1. The zero-order chi connectivity index (χ0) is 18.1. The first kappa shape index (κ1) is 15.5. The van der Waals surface area contributed by atoms with Crippen LogP contribution in [0, 0.1) is 12.3 Å². The number of carboxylic acids is 1. The molecular weight excluding hydrogens is 352 g/mol. The number of hydrogen-bond acceptors (Lipinski definition) is 7. The molecule has 3 aliphatic carbocycles. The standard InChI is InChI=1S/C18H16N4O3S/c1-9-13(11-2-3-12-10(14(11)23)4-5-26-12)21-22-16(19-9)20-18-6-17(7-18,8-18)15(24)25/h2-5,23H,6-8H2,1H3,(H,24,25)(H,19,20,22). The zero-order valence-corrected chi connectivity index (χ0v) is 14.8. The van der Waals surface area contributed by atoms with Gasteiger partial charge in [0.2, 0.25) is 5.95 Å². The van der Waals surface area contributed by atoms with Gasteiger partial charge in [0, 0.05) is 21.2 Å². The maximum absolute atomic E-state index is 11.2. The first-order valence-electron chi connectivity index (χ1n) is 8.34. The highest BCUT2D eigenvalue weighted by Crippen LogP contribution is 2.68. The molecule has 26 heavy (non-hydrogen) atoms. The van der Waals surface area contributed by atoms with Gasteiger partial charge in [-0.25, -0.2) is 4.98 Å². The molecular formula is C18H16N4O3S. The molecule has 2 heterocycles. The van der Waals surface area contributed by atoms with Gasteiger partial charge in [-0.3, -0.25) is 4.79 Å². The summed E-state index contributed by atoms with van der Waals surface area (Å²) in [4.78, 5) is 15.7. The molecule has 0 radical (unpaired) electrons. The van der Waals surface area contributed by atoms with E-state index in [0.717, 1.165) is 10.1 Å². The third kappa shape index (κ3) is 1.99. The minimum absolute atomic E-state index is 0.187. The van der Waals surface area contributed by atoms with E-state index in [9.17, 15) is 15.0 Å². The molecule has 3 fully saturated rings. The molecule has 6 rings (SSSR count). The van der Waals surface area contributed by atoms with Crippen molar-refractivity contribution in [1.82, 2.24) is 15.2 Å². The number of phenols is 1. The van der Waals surface area contributed by atoms with Crippen LogP contribution >= 0.6 is 11.3 Å². The van der Waals surface area contributed by atoms with Gasteiger partial charge in [0.15, 0.2) is 0 Å². The number of aliphatic carboxylic acids is 1. The minimum Gasteiger partial charge on any atom is -0.507 e. The summed E-state index contributed by atoms with van der Waals surface area (Å²) >= 11 is 1.57. The number of aryl methyl sites for hydroxylation is 1. The molecule has 3 aliphatic rings. The number of rotatable bonds is 4. The van der Waals surface area contributed by atoms with Crippen LogP contribution in [0.3, 0.4) is 0 Å². The molecule has 132 valence electrons. The van der Waals surface area contributed by atoms with Gasteiger partial charge in [-0.2, -0.15) is 0 Å². The zero-order valence-electron chi connectivity index (χ0n) is 14.0. The van der Waals surface area contributed by atoms with Crippen LogP contribution in [0.1, 0.15) is 25.0 Å². The van der Waals surface area contributed by atoms with Crippen molar-refractivity contribution in [2.75, 3.05) is 5.32 Å². The quantitative estimate of drug-likeness (QED) is 0.649. The van der Waals surface area contributed by atoms with Gasteiger partial charge in [0.25, 0.3) is 0 Å². The average molecular weight is 368 g/mol. The molecule has 0 aliphatic heterocycles. The van der Waals surface area contributed by atoms with Crippen LogP contribution in [0.15, 0.2) is 23.6 Å². The van der Waals surface area contributed by atoms with Gasteiger partial charge in [0.05, 0.1) is 11.1 Å². The summed E-state index contributed by atoms with van der Waals surface area (Å²) in [5.41, 5.74) is 1.06. The van der Waals surface area contributed by atoms with Gasteiger partial charge in [-0.1, -0.05) is 0 Å². The summed E-state index contributed by atoms with van der Waals surface area (Å²) < 4.78 is 1.01. The van der Waals surface area contributed by atoms with Crippen LogP contribution in [0.25, 0.3) is 21.3 Å². The monoisotopic (exact) mass is 368 g/mol. The molecule has 0 saturated heterocycles. The summed E-state index contributed by atoms with van der Waals surface area (Å²) in [7, 11) is 0. The molecule has 7 nitrogen and oxygen atoms in total. The Kier molecular flexibility index (Phi) is 2.93. The fraction of sp³-hybridized carbons (Fsp3) is 0.333. The van der Waals surface area contributed by atoms with E-state index in [0.29, 0.717) is 42.2 Å². The Bertz CT molecular complexity index is 1060. The lowest BCUT2D eigenvalue weighted by molar-refractivity contribution is -0.186. The van der Waals surface area contributed by atoms with Gasteiger partial charge in [-0.05, 0) is 49.8 Å². The first-order chi connectivity index (χ1) is 12.4. The van der Waals surface area contributed by atoms with E-state index in [2.05, 4.69) is 20.5 Å². The van der Waals surface area contributed by atoms with E-state index in [1.54, 1.807) is 11.3 Å². The molecule has 3 saturated carbocycles. The second-order valence-electron chi connectivity index (χ2n) is 7.38. The Morgan fingerprint density at radius 1 is 1.23 bits per heavy atom. The van der Waals surface area contributed by atoms with Crippen molar-refractivity contribution >= 4 is 33.3 Å². The smallest absolute Gasteiger partial charge is 0.309 e. The number of thiophene rings is 1. The third-order valence-electron chi connectivity index (χ3n) is 5.58. The summed E-state index contributed by atoms with van der Waals surface area (Å²) in [5.74, 6) is -0.126. The van der Waals surface area contributed by atoms with E-state index in [1.165, 1.54) is 0 Å². The number of benzene rings is 1. The number of nitrogens with one attached hydrogen (secondary N) is 1. The Labute approximate surface area is 152 Å². The lowest BCUT2D eigenvalue weighted by atomic mass is 9.39. The lowest BCUT2D eigenvalue weighted by Gasteiger charge is -2.67. The molecule has 8 heteroatoms. The largest absolute Gasteiger partial charge is 0.507 e. The fourth-order valence-corrected chi connectivity index (χ4v) is 5.10. The van der Waals surface area contributed by atoms with E-state index in [4.69, 9.17) is 0 Å². The number of fused-ring (bicyclic) bond motifs is 1. The van der Waals surface area contributed by atoms with Crippen LogP contribution in [0.4, 0.5) is 5.95 Å². The summed E-state index contributed by atoms with van der Waals surface area (Å²) in [5, 5.41) is 34.2. The lowest BCUT2D eigenvalue weighted by Crippen LogP contribution is -2.73. The van der Waals surface area contributed by atoms with Crippen molar-refractivity contribution in [3.63, 3.8) is 0 Å². The highest BCUT2D eigenvalue weighted by molar-refractivity contribution is 7.17. The van der Waals surface area contributed by atoms with E-state index >= 15 is 0 Å². The third-order valence-corrected chi connectivity index (χ3v) is 6.47. The van der Waals surface area contributed by atoms with E-state index in [-0.39, 0.29) is 11.3 Å². The second-order valence-corrected chi connectivity index (χ2v) is 8.33. The maximum Gasteiger partial charge on any atom is 0.309 e. The number of anilines is 1. The minimum atomic E-state index is -0.717. The average Bonchev–Trinajstić information content (AvgIpc) is 3.00. The summed E-state index contributed by atoms with van der Waals surface area (Å²) in [6, 6.07) is 5.67. The van der Waals surface area contributed by atoms with Gasteiger partial charge < -0.3 is 15.5 Å². The van der Waals surface area contributed by atoms with Gasteiger partial charge in [-0.15, -0.1) is 21.5 Å². The number of phenolic OH excluding ortho intramolecular Hbond substituents is 1. The molecule has 0 spiro atoms. The number of carboxylic acid groups (broad SMARTS) is 1. The molecule has 2 bridgehead atoms. The van der Waals surface area contributed by atoms with Crippen molar-refractivity contribution in [2.45, 2.75) is 31.7 Å². The predicted octanol–water partition coefficient (Wildman–Crippen LogP) is 3.19. The number of hydrogen-bond donors (Lipinski definition) is 3. The Morgan fingerprint density at radius 3 is 2.69 bits per heavy atom. The molecule has 2 aromatic heterocycles. The number of nitrogens with zero attached hydrogens (tertiary/aromatic N) is 3. The van der Waals surface area contributed by atoms with Crippen molar-refractivity contribution < 1.29 is 15.0 Å². The van der Waals surface area contributed by atoms with Crippen LogP contribution in [0.2, 0.25) is 0 Å². The fourth-order valence-electron chi connectivity index (χ4n) is 4.31. The SMILES string of the molecule is Cc1nc(NC23CC(C(=O)O)(C2)C3)nnc1-c1ccc2sccc2c1O. The van der Waals surface area contributed by atoms with Crippen LogP contribution < -0.4 is 5.32 Å². The Morgan fingerprint density at radius 2 is 2.00 bits per heavy atom. The molecule has 0 atom stereocenters. The Balaban J connectivity index is 1.42. The van der Waals surface area contributed by atoms with Gasteiger partial charge in [0.1, 0.15) is 11.4 Å². The van der Waals surface area contributed by atoms with Crippen molar-refractivity contribution in [3.8, 4) is 17.0 Å². The highest BCUT2D eigenvalue weighted by Gasteiger charge is 2.72. The topological polar surface area (TPSA) is 108 Å². The molecule has 0 amide bonds. The van der Waals surface area contributed by atoms with Crippen LogP contribution in [0.5, 0.6) is 5.75 Å². The molecule has 3 aromatic rings. The predicted molar refractivity (Wildman–Crippen MR) is 97.3 cm³/mol. The maximum atomic E-state index is 11.2. The molecule has 1 aromatic carbocycles. The van der Waals surface area contributed by atoms with Crippen LogP contribution in [-0.4, -0.2) is 36.9 Å². The van der Waals surface area contributed by atoms with Crippen LogP contribution in [-0.2, 0) is 4.79 Å². The Hall–Kier alpha value is -2.74. The molecule has 3 N–H and O–H groups in total. The number of aromatic nitrogens is 3. The summed E-state index contributed by atoms with van der Waals surface area (Å²) in [6.07, 6.45) is 1.82.